The van der Waals surface area contributed by atoms with Crippen LogP contribution in [0.25, 0.3) is 0 Å². The molecule has 0 spiro atoms. The largest absolute Gasteiger partial charge is 0.350 e. The van der Waals surface area contributed by atoms with Crippen LogP contribution in [0.3, 0.4) is 0 Å². The minimum Gasteiger partial charge on any atom is -0.350 e. The van der Waals surface area contributed by atoms with Gasteiger partial charge in [-0.2, -0.15) is 5.10 Å². The third kappa shape index (κ3) is 6.40. The number of non-ortho nitro benzene ring substituents is 1. The van der Waals surface area contributed by atoms with E-state index in [2.05, 4.69) is 15.1 Å². The fraction of sp³-hybridized carbons (Fsp3) is 0.250. The monoisotopic (exact) mass is 477 g/mol. The molecule has 0 aliphatic carbocycles. The number of rotatable bonds is 9. The Hall–Kier alpha value is -3.71. The van der Waals surface area contributed by atoms with Crippen LogP contribution in [0.4, 0.5) is 10.1 Å². The molecule has 11 nitrogen and oxygen atoms in total. The number of benzene rings is 2. The molecule has 0 saturated carbocycles. The first-order valence-corrected chi connectivity index (χ1v) is 11.3. The smallest absolute Gasteiger partial charge is 0.270 e. The van der Waals surface area contributed by atoms with Gasteiger partial charge in [0, 0.05) is 38.1 Å². The van der Waals surface area contributed by atoms with E-state index in [9.17, 15) is 32.5 Å². The first-order valence-electron chi connectivity index (χ1n) is 9.80. The highest BCUT2D eigenvalue weighted by molar-refractivity contribution is 7.89. The Morgan fingerprint density at radius 2 is 1.88 bits per heavy atom. The van der Waals surface area contributed by atoms with Crippen LogP contribution >= 0.6 is 0 Å². The summed E-state index contributed by atoms with van der Waals surface area (Å²) in [6.45, 7) is -0.154. The van der Waals surface area contributed by atoms with Crippen LogP contribution in [-0.2, 0) is 26.2 Å². The van der Waals surface area contributed by atoms with Crippen molar-refractivity contribution in [3.63, 3.8) is 0 Å². The van der Waals surface area contributed by atoms with Crippen molar-refractivity contribution in [3.8, 4) is 0 Å². The Bertz CT molecular complexity index is 1200. The summed E-state index contributed by atoms with van der Waals surface area (Å²) < 4.78 is 39.9. The molecule has 0 bridgehead atoms. The van der Waals surface area contributed by atoms with E-state index < -0.39 is 26.7 Å². The first kappa shape index (κ1) is 23.9. The molecule has 1 aliphatic heterocycles. The summed E-state index contributed by atoms with van der Waals surface area (Å²) in [5, 5.41) is 18.5. The number of carbonyl (C=O) groups is 2. The Morgan fingerprint density at radius 3 is 2.58 bits per heavy atom. The van der Waals surface area contributed by atoms with E-state index in [0.29, 0.717) is 5.56 Å². The number of hydrazone groups is 1. The van der Waals surface area contributed by atoms with Gasteiger partial charge in [-0.1, -0.05) is 18.2 Å². The summed E-state index contributed by atoms with van der Waals surface area (Å²) in [5.74, 6) is -1.24. The van der Waals surface area contributed by atoms with Crippen LogP contribution in [-0.4, -0.2) is 49.0 Å². The second-order valence-corrected chi connectivity index (χ2v) is 8.80. The number of amides is 2. The van der Waals surface area contributed by atoms with Crippen LogP contribution in [0.5, 0.6) is 0 Å². The van der Waals surface area contributed by atoms with E-state index in [1.807, 2.05) is 0 Å². The van der Waals surface area contributed by atoms with Gasteiger partial charge in [0.1, 0.15) is 11.5 Å². The Morgan fingerprint density at radius 1 is 1.15 bits per heavy atom. The summed E-state index contributed by atoms with van der Waals surface area (Å²) in [4.78, 5) is 34.3. The third-order valence-electron chi connectivity index (χ3n) is 4.65. The molecule has 3 rings (SSSR count). The Balaban J connectivity index is 1.54. The summed E-state index contributed by atoms with van der Waals surface area (Å²) >= 11 is 0. The quantitative estimate of drug-likeness (QED) is 0.316. The van der Waals surface area contributed by atoms with Gasteiger partial charge in [-0.15, -0.1) is 0 Å². The highest BCUT2D eigenvalue weighted by Crippen LogP contribution is 2.17. The fourth-order valence-electron chi connectivity index (χ4n) is 2.96. The second kappa shape index (κ2) is 10.3. The van der Waals surface area contributed by atoms with Gasteiger partial charge >= 0.3 is 0 Å². The molecule has 0 radical (unpaired) electrons. The van der Waals surface area contributed by atoms with Gasteiger partial charge in [0.15, 0.2) is 0 Å². The zero-order valence-electron chi connectivity index (χ0n) is 17.2. The van der Waals surface area contributed by atoms with Gasteiger partial charge in [-0.05, 0) is 23.8 Å². The number of nitrogens with zero attached hydrogens (tertiary/aromatic N) is 3. The third-order valence-corrected chi connectivity index (χ3v) is 6.11. The lowest BCUT2D eigenvalue weighted by Crippen LogP contribution is -2.41. The highest BCUT2D eigenvalue weighted by atomic mass is 32.2. The molecule has 0 atom stereocenters. The van der Waals surface area contributed by atoms with Gasteiger partial charge < -0.3 is 5.32 Å². The zero-order valence-corrected chi connectivity index (χ0v) is 18.0. The number of nitro groups is 1. The molecule has 2 amide bonds. The summed E-state index contributed by atoms with van der Waals surface area (Å²) in [6, 6.07) is 10.1. The van der Waals surface area contributed by atoms with E-state index in [0.717, 1.165) is 11.1 Å². The van der Waals surface area contributed by atoms with Gasteiger partial charge in [0.2, 0.25) is 15.9 Å². The molecule has 0 aromatic heterocycles. The zero-order chi connectivity index (χ0) is 24.0. The van der Waals surface area contributed by atoms with Gasteiger partial charge in [0.05, 0.1) is 16.4 Å². The van der Waals surface area contributed by atoms with Crippen molar-refractivity contribution in [2.45, 2.75) is 24.3 Å². The van der Waals surface area contributed by atoms with E-state index in [1.165, 1.54) is 42.5 Å². The number of halogens is 1. The molecule has 2 aromatic carbocycles. The topological polar surface area (TPSA) is 151 Å². The lowest BCUT2D eigenvalue weighted by molar-refractivity contribution is -0.385. The number of hydrogen-bond donors (Lipinski definition) is 2. The van der Waals surface area contributed by atoms with Crippen molar-refractivity contribution < 1.29 is 27.3 Å². The van der Waals surface area contributed by atoms with Crippen LogP contribution in [0.15, 0.2) is 58.5 Å². The first-order chi connectivity index (χ1) is 15.7. The lowest BCUT2D eigenvalue weighted by Gasteiger charge is -2.23. The molecule has 174 valence electrons. The van der Waals surface area contributed by atoms with Crippen LogP contribution in [0.2, 0.25) is 0 Å². The minimum absolute atomic E-state index is 0.0715. The maximum atomic E-state index is 13.0. The van der Waals surface area contributed by atoms with Gasteiger partial charge in [-0.25, -0.2) is 22.5 Å². The predicted octanol–water partition coefficient (Wildman–Crippen LogP) is 1.31. The summed E-state index contributed by atoms with van der Waals surface area (Å²) in [7, 11) is -4.01. The highest BCUT2D eigenvalue weighted by Gasteiger charge is 2.24. The SMILES string of the molecule is O=C(NCCNS(=O)(=O)c1cccc([N+](=O)[O-])c1)C1=NN(Cc2ccc(F)cc2)C(=O)CC1. The molecule has 0 fully saturated rings. The van der Waals surface area contributed by atoms with Crippen LogP contribution in [0, 0.1) is 15.9 Å². The van der Waals surface area contributed by atoms with Crippen molar-refractivity contribution >= 4 is 33.2 Å². The van der Waals surface area contributed by atoms with Crippen molar-refractivity contribution in [2.24, 2.45) is 5.10 Å². The van der Waals surface area contributed by atoms with E-state index >= 15 is 0 Å². The van der Waals surface area contributed by atoms with E-state index in [1.54, 1.807) is 0 Å². The maximum Gasteiger partial charge on any atom is 0.270 e. The maximum absolute atomic E-state index is 13.0. The van der Waals surface area contributed by atoms with Crippen molar-refractivity contribution in [1.82, 2.24) is 15.0 Å². The van der Waals surface area contributed by atoms with Gasteiger partial charge in [-0.3, -0.25) is 19.7 Å². The number of nitrogens with one attached hydrogen (secondary N) is 2. The molecule has 0 saturated heterocycles. The van der Waals surface area contributed by atoms with Crippen molar-refractivity contribution in [2.75, 3.05) is 13.1 Å². The number of hydrogen-bond acceptors (Lipinski definition) is 7. The lowest BCUT2D eigenvalue weighted by atomic mass is 10.1. The fourth-order valence-corrected chi connectivity index (χ4v) is 4.03. The van der Waals surface area contributed by atoms with Crippen LogP contribution in [0.1, 0.15) is 18.4 Å². The number of carbonyl (C=O) groups excluding carboxylic acids is 2. The van der Waals surface area contributed by atoms with Gasteiger partial charge in [0.25, 0.3) is 11.6 Å². The van der Waals surface area contributed by atoms with Crippen molar-refractivity contribution in [3.05, 3.63) is 70.0 Å². The van der Waals surface area contributed by atoms with Crippen LogP contribution < -0.4 is 10.0 Å². The molecule has 2 N–H and O–H groups in total. The van der Waals surface area contributed by atoms with E-state index in [-0.39, 0.29) is 54.7 Å². The molecule has 33 heavy (non-hydrogen) atoms. The Kier molecular flexibility index (Phi) is 7.45. The molecule has 2 aromatic rings. The van der Waals surface area contributed by atoms with E-state index in [4.69, 9.17) is 0 Å². The van der Waals surface area contributed by atoms with Crippen molar-refractivity contribution in [1.29, 1.82) is 0 Å². The standard InChI is InChI=1S/C20H20FN5O6S/c21-15-6-4-14(5-7-15)13-25-19(27)9-8-18(24-25)20(28)22-10-11-23-33(31,32)17-3-1-2-16(12-17)26(29)30/h1-7,12,23H,8-11,13H2,(H,22,28). The number of sulfonamides is 1. The average Bonchev–Trinajstić information content (AvgIpc) is 2.79. The summed E-state index contributed by atoms with van der Waals surface area (Å²) in [5.41, 5.74) is 0.394. The molecule has 13 heteroatoms. The summed E-state index contributed by atoms with van der Waals surface area (Å²) in [6.07, 6.45) is 0.205. The average molecular weight is 477 g/mol. The molecule has 1 heterocycles. The number of nitro benzene ring substituents is 1. The molecule has 1 aliphatic rings. The normalized spacial score (nSPS) is 14.0. The molecular weight excluding hydrogens is 457 g/mol. The molecular formula is C20H20FN5O6S. The predicted molar refractivity (Wildman–Crippen MR) is 115 cm³/mol. The second-order valence-electron chi connectivity index (χ2n) is 7.03. The molecule has 0 unspecified atom stereocenters. The Labute approximate surface area is 188 Å². The minimum atomic E-state index is -4.01.